The fourth-order valence-corrected chi connectivity index (χ4v) is 2.96. The number of fused-ring (bicyclic) bond motifs is 4. The van der Waals surface area contributed by atoms with E-state index in [1.807, 2.05) is 40.7 Å². The fraction of sp³-hybridized carbons (Fsp3) is 0.200. The molecule has 1 aliphatic rings. The molecule has 4 nitrogen and oxygen atoms in total. The van der Waals surface area contributed by atoms with Crippen LogP contribution in [0.25, 0.3) is 11.0 Å². The molecular weight excluding hydrogens is 365 g/mol. The van der Waals surface area contributed by atoms with E-state index >= 15 is 0 Å². The van der Waals surface area contributed by atoms with Crippen LogP contribution in [0, 0.1) is 0 Å². The molecule has 5 heteroatoms. The number of aromatic nitrogens is 3. The van der Waals surface area contributed by atoms with Gasteiger partial charge in [0.1, 0.15) is 11.9 Å². The van der Waals surface area contributed by atoms with Crippen molar-refractivity contribution in [3.05, 3.63) is 64.1 Å². The van der Waals surface area contributed by atoms with E-state index in [0.29, 0.717) is 6.54 Å². The van der Waals surface area contributed by atoms with Crippen molar-refractivity contribution in [2.75, 3.05) is 0 Å². The van der Waals surface area contributed by atoms with E-state index < -0.39 is 0 Å². The maximum Gasteiger partial charge on any atom is 0.313 e. The lowest BCUT2D eigenvalue weighted by Gasteiger charge is -2.16. The van der Waals surface area contributed by atoms with Crippen LogP contribution in [-0.2, 0) is 20.1 Å². The Balaban J connectivity index is 0.00000121. The van der Waals surface area contributed by atoms with Crippen molar-refractivity contribution in [3.8, 4) is 0 Å². The first-order chi connectivity index (χ1) is 9.25. The molecule has 0 atom stereocenters. The summed E-state index contributed by atoms with van der Waals surface area (Å²) in [5.41, 5.74) is 3.62. The van der Waals surface area contributed by atoms with Crippen LogP contribution in [-0.4, -0.2) is 9.36 Å². The quantitative estimate of drug-likeness (QED) is 0.258. The van der Waals surface area contributed by atoms with Gasteiger partial charge in [-0.1, -0.05) is 24.3 Å². The Bertz CT molecular complexity index is 863. The lowest BCUT2D eigenvalue weighted by atomic mass is 10.1. The Morgan fingerprint density at radius 1 is 1.00 bits per heavy atom. The maximum atomic E-state index is 12.5. The second-order valence-corrected chi connectivity index (χ2v) is 5.05. The summed E-state index contributed by atoms with van der Waals surface area (Å²) in [6.45, 7) is 1.41. The first kappa shape index (κ1) is 13.4. The predicted octanol–water partition coefficient (Wildman–Crippen LogP) is -1.96. The van der Waals surface area contributed by atoms with Crippen molar-refractivity contribution in [1.82, 2.24) is 9.36 Å². The molecule has 0 amide bonds. The minimum Gasteiger partial charge on any atom is -1.00 e. The molecule has 1 aromatic carbocycles. The van der Waals surface area contributed by atoms with Crippen LogP contribution in [0.5, 0.6) is 0 Å². The Morgan fingerprint density at radius 3 is 2.35 bits per heavy atom. The SMILES string of the molecule is C[n+]1cccc2c(=O)n3n(c21)Cc1ccccc1C3.[I-]. The first-order valence-corrected chi connectivity index (χ1v) is 6.40. The standard InChI is InChI=1S/C15H14N3O.HI/c1-16-8-4-7-13-14(16)17-9-11-5-2-3-6-12(11)10-18(17)15(13)19;/h2-8H,9-10H2,1H3;1H/q+1;/p-1. The molecule has 0 aliphatic carbocycles. The normalized spacial score (nSPS) is 12.7. The van der Waals surface area contributed by atoms with Gasteiger partial charge in [-0.05, 0) is 17.7 Å². The summed E-state index contributed by atoms with van der Waals surface area (Å²) in [6.07, 6.45) is 1.98. The van der Waals surface area contributed by atoms with E-state index in [9.17, 15) is 4.79 Å². The van der Waals surface area contributed by atoms with Crippen LogP contribution in [0.2, 0.25) is 0 Å². The average molecular weight is 379 g/mol. The van der Waals surface area contributed by atoms with Crippen molar-refractivity contribution in [2.45, 2.75) is 13.1 Å². The zero-order valence-corrected chi connectivity index (χ0v) is 13.2. The first-order valence-electron chi connectivity index (χ1n) is 6.40. The molecule has 20 heavy (non-hydrogen) atoms. The number of hydrogen-bond acceptors (Lipinski definition) is 1. The molecule has 0 unspecified atom stereocenters. The number of benzene rings is 1. The number of hydrogen-bond donors (Lipinski definition) is 0. The van der Waals surface area contributed by atoms with E-state index in [2.05, 4.69) is 22.9 Å². The Kier molecular flexibility index (Phi) is 3.16. The monoisotopic (exact) mass is 379 g/mol. The van der Waals surface area contributed by atoms with Gasteiger partial charge in [-0.25, -0.2) is 4.57 Å². The second-order valence-electron chi connectivity index (χ2n) is 5.05. The number of pyridine rings is 1. The van der Waals surface area contributed by atoms with Gasteiger partial charge in [-0.3, -0.25) is 4.79 Å². The minimum absolute atomic E-state index is 0. The Hall–Kier alpha value is -1.63. The van der Waals surface area contributed by atoms with Crippen molar-refractivity contribution in [1.29, 1.82) is 0 Å². The van der Waals surface area contributed by atoms with Crippen LogP contribution in [0.1, 0.15) is 11.1 Å². The second kappa shape index (κ2) is 4.73. The summed E-state index contributed by atoms with van der Waals surface area (Å²) in [5.74, 6) is 0. The molecule has 4 rings (SSSR count). The minimum atomic E-state index is 0. The largest absolute Gasteiger partial charge is 1.00 e. The molecule has 0 fully saturated rings. The summed E-state index contributed by atoms with van der Waals surface area (Å²) in [5, 5.41) is 0.790. The van der Waals surface area contributed by atoms with Crippen LogP contribution >= 0.6 is 0 Å². The van der Waals surface area contributed by atoms with E-state index in [1.165, 1.54) is 11.1 Å². The summed E-state index contributed by atoms with van der Waals surface area (Å²) in [4.78, 5) is 12.5. The van der Waals surface area contributed by atoms with Crippen LogP contribution < -0.4 is 34.1 Å². The molecule has 2 aromatic heterocycles. The molecule has 0 saturated carbocycles. The third-order valence-electron chi connectivity index (χ3n) is 3.91. The number of rotatable bonds is 0. The predicted molar refractivity (Wildman–Crippen MR) is 72.0 cm³/mol. The zero-order chi connectivity index (χ0) is 13.0. The van der Waals surface area contributed by atoms with Crippen molar-refractivity contribution < 1.29 is 28.5 Å². The van der Waals surface area contributed by atoms with E-state index in [-0.39, 0.29) is 29.5 Å². The molecular formula is C15H14IN3O. The van der Waals surface area contributed by atoms with E-state index in [1.54, 1.807) is 0 Å². The van der Waals surface area contributed by atoms with Crippen LogP contribution in [0.15, 0.2) is 47.4 Å². The van der Waals surface area contributed by atoms with Gasteiger partial charge in [0.2, 0.25) is 0 Å². The van der Waals surface area contributed by atoms with Gasteiger partial charge in [0, 0.05) is 5.56 Å². The molecule has 102 valence electrons. The molecule has 0 N–H and O–H groups in total. The van der Waals surface area contributed by atoms with Gasteiger partial charge in [0.15, 0.2) is 0 Å². The van der Waals surface area contributed by atoms with E-state index in [4.69, 9.17) is 0 Å². The molecule has 0 saturated heterocycles. The highest BCUT2D eigenvalue weighted by atomic mass is 127. The lowest BCUT2D eigenvalue weighted by molar-refractivity contribution is -0.648. The molecule has 0 radical (unpaired) electrons. The van der Waals surface area contributed by atoms with Gasteiger partial charge >= 0.3 is 5.65 Å². The van der Waals surface area contributed by atoms with Gasteiger partial charge in [0.05, 0.1) is 19.8 Å². The molecule has 1 aliphatic heterocycles. The number of nitrogens with zero attached hydrogens (tertiary/aromatic N) is 3. The van der Waals surface area contributed by atoms with Gasteiger partial charge in [-0.2, -0.15) is 4.68 Å². The molecule has 3 heterocycles. The average Bonchev–Trinajstić information content (AvgIpc) is 2.71. The summed E-state index contributed by atoms with van der Waals surface area (Å²) in [6, 6.07) is 12.1. The number of aryl methyl sites for hydroxylation is 1. The van der Waals surface area contributed by atoms with Crippen LogP contribution in [0.3, 0.4) is 0 Å². The van der Waals surface area contributed by atoms with Crippen molar-refractivity contribution in [2.24, 2.45) is 7.05 Å². The topological polar surface area (TPSA) is 30.8 Å². The number of halogens is 1. The third-order valence-corrected chi connectivity index (χ3v) is 3.91. The zero-order valence-electron chi connectivity index (χ0n) is 11.1. The van der Waals surface area contributed by atoms with Gasteiger partial charge in [0.25, 0.3) is 5.56 Å². The van der Waals surface area contributed by atoms with Crippen molar-refractivity contribution >= 4 is 11.0 Å². The van der Waals surface area contributed by atoms with Crippen molar-refractivity contribution in [3.63, 3.8) is 0 Å². The summed E-state index contributed by atoms with van der Waals surface area (Å²) < 4.78 is 5.94. The lowest BCUT2D eigenvalue weighted by Crippen LogP contribution is -3.00. The Labute approximate surface area is 133 Å². The van der Waals surface area contributed by atoms with Crippen LogP contribution in [0.4, 0.5) is 0 Å². The maximum absolute atomic E-state index is 12.5. The fourth-order valence-electron chi connectivity index (χ4n) is 2.96. The summed E-state index contributed by atoms with van der Waals surface area (Å²) >= 11 is 0. The van der Waals surface area contributed by atoms with Gasteiger partial charge < -0.3 is 24.0 Å². The third kappa shape index (κ3) is 1.72. The molecule has 0 spiro atoms. The highest BCUT2D eigenvalue weighted by molar-refractivity contribution is 5.71. The van der Waals surface area contributed by atoms with Gasteiger partial charge in [-0.15, -0.1) is 4.68 Å². The highest BCUT2D eigenvalue weighted by Gasteiger charge is 2.26. The Morgan fingerprint density at radius 2 is 1.65 bits per heavy atom. The molecule has 0 bridgehead atoms. The molecule has 3 aromatic rings. The highest BCUT2D eigenvalue weighted by Crippen LogP contribution is 2.19. The van der Waals surface area contributed by atoms with E-state index in [0.717, 1.165) is 17.6 Å². The smallest absolute Gasteiger partial charge is 0.313 e. The summed E-state index contributed by atoms with van der Waals surface area (Å²) in [7, 11) is 1.98.